The van der Waals surface area contributed by atoms with Crippen LogP contribution in [-0.4, -0.2) is 31.1 Å². The van der Waals surface area contributed by atoms with Crippen molar-refractivity contribution in [3.05, 3.63) is 35.5 Å². The van der Waals surface area contributed by atoms with Gasteiger partial charge in [0.25, 0.3) is 0 Å². The topological polar surface area (TPSA) is 97.9 Å². The molecular formula is C16H20N6O2S2. The third-order valence-corrected chi connectivity index (χ3v) is 5.87. The molecule has 26 heavy (non-hydrogen) atoms. The Morgan fingerprint density at radius 3 is 2.88 bits per heavy atom. The van der Waals surface area contributed by atoms with Crippen LogP contribution in [0.1, 0.15) is 24.1 Å². The normalized spacial score (nSPS) is 12.2. The predicted octanol–water partition coefficient (Wildman–Crippen LogP) is 3.21. The zero-order valence-electron chi connectivity index (χ0n) is 14.9. The summed E-state index contributed by atoms with van der Waals surface area (Å²) in [6.45, 7) is 6.19. The fourth-order valence-electron chi connectivity index (χ4n) is 2.29. The lowest BCUT2D eigenvalue weighted by atomic mass is 10.3. The monoisotopic (exact) mass is 392 g/mol. The molecule has 0 fully saturated rings. The summed E-state index contributed by atoms with van der Waals surface area (Å²) >= 11 is 2.78. The Balaban J connectivity index is 1.55. The number of thioether (sulfide) groups is 1. The highest BCUT2D eigenvalue weighted by atomic mass is 32.2. The molecule has 8 nitrogen and oxygen atoms in total. The van der Waals surface area contributed by atoms with Crippen LogP contribution in [0.2, 0.25) is 0 Å². The molecule has 1 atom stereocenters. The predicted molar refractivity (Wildman–Crippen MR) is 103 cm³/mol. The van der Waals surface area contributed by atoms with E-state index in [1.54, 1.807) is 10.9 Å². The Morgan fingerprint density at radius 2 is 2.23 bits per heavy atom. The minimum atomic E-state index is -0.306. The summed E-state index contributed by atoms with van der Waals surface area (Å²) in [6.07, 6.45) is 1.63. The van der Waals surface area contributed by atoms with Crippen LogP contribution in [0.25, 0.3) is 0 Å². The van der Waals surface area contributed by atoms with Crippen molar-refractivity contribution in [2.24, 2.45) is 7.05 Å². The number of nitrogens with one attached hydrogen (secondary N) is 2. The first-order valence-corrected chi connectivity index (χ1v) is 9.71. The maximum absolute atomic E-state index is 12.5. The zero-order valence-corrected chi connectivity index (χ0v) is 16.6. The lowest BCUT2D eigenvalue weighted by Gasteiger charge is -2.10. The Morgan fingerprint density at radius 1 is 1.42 bits per heavy atom. The van der Waals surface area contributed by atoms with Crippen molar-refractivity contribution >= 4 is 39.8 Å². The standard InChI is InChI=1S/C16H20N6O2S2/c1-9-13(10(2)22(4)21-9)18-14(23)11(3)25-16-20-19-15(26-16)17-8-12-6-5-7-24-12/h5-7,11H,8H2,1-4H3,(H,17,19)(H,18,23). The van der Waals surface area contributed by atoms with Gasteiger partial charge in [-0.25, -0.2) is 0 Å². The zero-order chi connectivity index (χ0) is 18.7. The van der Waals surface area contributed by atoms with Gasteiger partial charge in [0.05, 0.1) is 35.1 Å². The summed E-state index contributed by atoms with van der Waals surface area (Å²) in [7, 11) is 1.86. The van der Waals surface area contributed by atoms with E-state index in [-0.39, 0.29) is 11.2 Å². The first-order chi connectivity index (χ1) is 12.4. The van der Waals surface area contributed by atoms with E-state index < -0.39 is 0 Å². The molecule has 0 saturated carbocycles. The molecule has 0 aliphatic rings. The Bertz CT molecular complexity index is 887. The van der Waals surface area contributed by atoms with E-state index >= 15 is 0 Å². The van der Waals surface area contributed by atoms with E-state index in [0.29, 0.717) is 11.7 Å². The van der Waals surface area contributed by atoms with Crippen LogP contribution in [0.15, 0.2) is 27.2 Å². The number of rotatable bonds is 7. The van der Waals surface area contributed by atoms with Gasteiger partial charge in [0.2, 0.25) is 11.0 Å². The molecular weight excluding hydrogens is 372 g/mol. The van der Waals surface area contributed by atoms with Crippen molar-refractivity contribution in [2.75, 3.05) is 10.6 Å². The maximum atomic E-state index is 12.5. The average molecular weight is 393 g/mol. The van der Waals surface area contributed by atoms with Crippen molar-refractivity contribution in [1.29, 1.82) is 0 Å². The highest BCUT2D eigenvalue weighted by Crippen LogP contribution is 2.30. The van der Waals surface area contributed by atoms with Crippen molar-refractivity contribution < 1.29 is 9.21 Å². The van der Waals surface area contributed by atoms with Crippen LogP contribution in [-0.2, 0) is 18.4 Å². The van der Waals surface area contributed by atoms with Crippen LogP contribution in [0.5, 0.6) is 0 Å². The molecule has 1 amide bonds. The number of amides is 1. The highest BCUT2D eigenvalue weighted by molar-refractivity contribution is 8.02. The number of carbonyl (C=O) groups excluding carboxylic acids is 1. The smallest absolute Gasteiger partial charge is 0.237 e. The summed E-state index contributed by atoms with van der Waals surface area (Å²) < 4.78 is 7.75. The molecule has 0 spiro atoms. The second kappa shape index (κ2) is 7.92. The maximum Gasteiger partial charge on any atom is 0.237 e. The molecule has 0 aliphatic carbocycles. The molecule has 10 heteroatoms. The molecule has 3 aromatic heterocycles. The number of aromatic nitrogens is 4. The van der Waals surface area contributed by atoms with Gasteiger partial charge in [-0.05, 0) is 32.9 Å². The summed E-state index contributed by atoms with van der Waals surface area (Å²) in [6, 6.07) is 3.73. The largest absolute Gasteiger partial charge is 0.467 e. The second-order valence-corrected chi connectivity index (χ2v) is 8.29. The van der Waals surface area contributed by atoms with Gasteiger partial charge in [0, 0.05) is 7.05 Å². The third-order valence-electron chi connectivity index (χ3n) is 3.80. The van der Waals surface area contributed by atoms with Crippen molar-refractivity contribution in [3.8, 4) is 0 Å². The summed E-state index contributed by atoms with van der Waals surface area (Å²) in [5.74, 6) is 0.735. The molecule has 1 unspecified atom stereocenters. The van der Waals surface area contributed by atoms with Crippen LogP contribution in [0.4, 0.5) is 10.8 Å². The number of hydrogen-bond donors (Lipinski definition) is 2. The summed E-state index contributed by atoms with van der Waals surface area (Å²) in [4.78, 5) is 12.5. The van der Waals surface area contributed by atoms with E-state index in [9.17, 15) is 4.79 Å². The SMILES string of the molecule is Cc1nn(C)c(C)c1NC(=O)C(C)Sc1nnc(NCc2ccco2)s1. The minimum Gasteiger partial charge on any atom is -0.467 e. The summed E-state index contributed by atoms with van der Waals surface area (Å²) in [5, 5.41) is 19.0. The van der Waals surface area contributed by atoms with Gasteiger partial charge < -0.3 is 15.1 Å². The fourth-order valence-corrected chi connectivity index (χ4v) is 4.18. The van der Waals surface area contributed by atoms with Gasteiger partial charge in [-0.2, -0.15) is 5.10 Å². The van der Waals surface area contributed by atoms with Crippen LogP contribution in [0, 0.1) is 13.8 Å². The molecule has 0 radical (unpaired) electrons. The van der Waals surface area contributed by atoms with Gasteiger partial charge in [0.15, 0.2) is 4.34 Å². The molecule has 0 saturated heterocycles. The number of nitrogens with zero attached hydrogens (tertiary/aromatic N) is 4. The van der Waals surface area contributed by atoms with Gasteiger partial charge in [0.1, 0.15) is 5.76 Å². The van der Waals surface area contributed by atoms with Gasteiger partial charge >= 0.3 is 0 Å². The fraction of sp³-hybridized carbons (Fsp3) is 0.375. The number of aryl methyl sites for hydroxylation is 2. The molecule has 0 aliphatic heterocycles. The van der Waals surface area contributed by atoms with E-state index in [2.05, 4.69) is 25.9 Å². The minimum absolute atomic E-state index is 0.0884. The molecule has 138 valence electrons. The first-order valence-electron chi connectivity index (χ1n) is 8.01. The van der Waals surface area contributed by atoms with E-state index in [1.165, 1.54) is 23.1 Å². The molecule has 3 heterocycles. The Kier molecular flexibility index (Phi) is 5.62. The molecule has 3 aromatic rings. The number of carbonyl (C=O) groups is 1. The van der Waals surface area contributed by atoms with Crippen molar-refractivity contribution in [3.63, 3.8) is 0 Å². The van der Waals surface area contributed by atoms with Crippen LogP contribution < -0.4 is 10.6 Å². The summed E-state index contributed by atoms with van der Waals surface area (Å²) in [5.41, 5.74) is 2.49. The van der Waals surface area contributed by atoms with Gasteiger partial charge in [-0.1, -0.05) is 23.1 Å². The molecule has 0 bridgehead atoms. The number of furan rings is 1. The first kappa shape index (κ1) is 18.5. The lowest BCUT2D eigenvalue weighted by Crippen LogP contribution is -2.23. The van der Waals surface area contributed by atoms with Gasteiger partial charge in [-0.3, -0.25) is 9.48 Å². The Hall–Kier alpha value is -2.33. The third kappa shape index (κ3) is 4.25. The number of hydrogen-bond acceptors (Lipinski definition) is 8. The van der Waals surface area contributed by atoms with Crippen LogP contribution >= 0.6 is 23.1 Å². The molecule has 2 N–H and O–H groups in total. The quantitative estimate of drug-likeness (QED) is 0.596. The van der Waals surface area contributed by atoms with Gasteiger partial charge in [-0.15, -0.1) is 10.2 Å². The van der Waals surface area contributed by atoms with E-state index in [4.69, 9.17) is 4.42 Å². The molecule has 3 rings (SSSR count). The van der Waals surface area contributed by atoms with Crippen molar-refractivity contribution in [1.82, 2.24) is 20.0 Å². The average Bonchev–Trinajstić information content (AvgIpc) is 3.32. The lowest BCUT2D eigenvalue weighted by molar-refractivity contribution is -0.115. The molecule has 0 aromatic carbocycles. The van der Waals surface area contributed by atoms with Crippen LogP contribution in [0.3, 0.4) is 0 Å². The van der Waals surface area contributed by atoms with E-state index in [0.717, 1.165) is 27.2 Å². The van der Waals surface area contributed by atoms with Crippen molar-refractivity contribution in [2.45, 2.75) is 36.9 Å². The van der Waals surface area contributed by atoms with E-state index in [1.807, 2.05) is 40.0 Å². The Labute approximate surface area is 159 Å². The number of anilines is 2. The highest BCUT2D eigenvalue weighted by Gasteiger charge is 2.20. The second-order valence-electron chi connectivity index (χ2n) is 5.72.